The molecule has 0 atom stereocenters. The van der Waals surface area contributed by atoms with Crippen LogP contribution in [0.2, 0.25) is 0 Å². The zero-order valence-electron chi connectivity index (χ0n) is 22.2. The van der Waals surface area contributed by atoms with Crippen molar-refractivity contribution in [1.82, 2.24) is 29.5 Å². The monoisotopic (exact) mass is 548 g/mol. The number of aliphatic hydroxyl groups is 1. The van der Waals surface area contributed by atoms with Crippen molar-refractivity contribution < 1.29 is 19.0 Å². The van der Waals surface area contributed by atoms with Gasteiger partial charge in [-0.2, -0.15) is 5.10 Å². The predicted octanol–water partition coefficient (Wildman–Crippen LogP) is 2.73. The van der Waals surface area contributed by atoms with Crippen LogP contribution in [0.25, 0.3) is 10.9 Å². The van der Waals surface area contributed by atoms with E-state index in [-0.39, 0.29) is 19.1 Å². The smallest absolute Gasteiger partial charge is 0.246 e. The Bertz CT molecular complexity index is 1420. The summed E-state index contributed by atoms with van der Waals surface area (Å²) in [7, 11) is 0. The Morgan fingerprint density at radius 3 is 2.65 bits per heavy atom. The Balaban J connectivity index is 1.11. The van der Waals surface area contributed by atoms with Crippen LogP contribution in [0.1, 0.15) is 6.42 Å². The summed E-state index contributed by atoms with van der Waals surface area (Å²) in [5.41, 5.74) is 1.80. The van der Waals surface area contributed by atoms with Crippen LogP contribution in [0.3, 0.4) is 0 Å². The molecule has 0 spiro atoms. The summed E-state index contributed by atoms with van der Waals surface area (Å²) in [6.45, 7) is 6.57. The number of benzene rings is 2. The summed E-state index contributed by atoms with van der Waals surface area (Å²) in [6.07, 6.45) is 5.72. The number of nitrogens with one attached hydrogen (secondary N) is 2. The van der Waals surface area contributed by atoms with Gasteiger partial charge in [-0.05, 0) is 36.8 Å². The number of ether oxygens (including phenoxy) is 1. The Kier molecular flexibility index (Phi) is 9.11. The van der Waals surface area contributed by atoms with Crippen LogP contribution in [0.5, 0.6) is 5.75 Å². The molecule has 210 valence electrons. The van der Waals surface area contributed by atoms with Gasteiger partial charge < -0.3 is 25.4 Å². The average molecular weight is 549 g/mol. The van der Waals surface area contributed by atoms with Crippen LogP contribution in [0.4, 0.5) is 21.6 Å². The topological polar surface area (TPSA) is 121 Å². The Morgan fingerprint density at radius 1 is 1.02 bits per heavy atom. The number of fused-ring (bicyclic) bond motifs is 1. The molecule has 3 N–H and O–H groups in total. The third-order valence-corrected chi connectivity index (χ3v) is 6.69. The van der Waals surface area contributed by atoms with Crippen LogP contribution in [-0.4, -0.2) is 93.0 Å². The minimum Gasteiger partial charge on any atom is -0.493 e. The number of carbonyl (C=O) groups is 1. The van der Waals surface area contributed by atoms with Crippen molar-refractivity contribution in [3.8, 4) is 5.75 Å². The third kappa shape index (κ3) is 7.50. The Labute approximate surface area is 231 Å². The molecule has 0 radical (unpaired) electrons. The van der Waals surface area contributed by atoms with E-state index in [9.17, 15) is 9.18 Å². The van der Waals surface area contributed by atoms with Crippen LogP contribution >= 0.6 is 0 Å². The summed E-state index contributed by atoms with van der Waals surface area (Å²) in [5, 5.41) is 20.0. The minimum absolute atomic E-state index is 0.0245. The number of hydrogen-bond acceptors (Lipinski definition) is 9. The number of aliphatic hydroxyl groups excluding tert-OH is 1. The zero-order chi connectivity index (χ0) is 27.7. The van der Waals surface area contributed by atoms with E-state index in [0.717, 1.165) is 62.3 Å². The lowest BCUT2D eigenvalue weighted by molar-refractivity contribution is -0.116. The second-order valence-electron chi connectivity index (χ2n) is 9.62. The molecule has 1 aliphatic heterocycles. The van der Waals surface area contributed by atoms with E-state index in [4.69, 9.17) is 9.84 Å². The van der Waals surface area contributed by atoms with Gasteiger partial charge in [0.2, 0.25) is 5.91 Å². The van der Waals surface area contributed by atoms with Crippen molar-refractivity contribution in [1.29, 1.82) is 0 Å². The van der Waals surface area contributed by atoms with E-state index in [0.29, 0.717) is 23.8 Å². The maximum absolute atomic E-state index is 13.3. The van der Waals surface area contributed by atoms with Gasteiger partial charge in [-0.25, -0.2) is 14.4 Å². The van der Waals surface area contributed by atoms with Gasteiger partial charge in [0.15, 0.2) is 0 Å². The van der Waals surface area contributed by atoms with Crippen molar-refractivity contribution in [2.45, 2.75) is 13.0 Å². The second-order valence-corrected chi connectivity index (χ2v) is 9.62. The number of halogens is 1. The fourth-order valence-corrected chi connectivity index (χ4v) is 4.65. The standard InChI is InChI=1S/C28H33FN8O3/c29-21-3-1-4-22(15-21)33-27(39)19-37-18-23(17-32-37)34-28-25-6-5-24(16-26(25)30-20-31-28)40-14-2-7-35-8-10-36(11-9-35)12-13-38/h1,3-6,15-18,20,38H,2,7-14,19H2,(H,33,39)(H,30,31,34). The van der Waals surface area contributed by atoms with Gasteiger partial charge in [0.25, 0.3) is 0 Å². The Morgan fingerprint density at radius 2 is 1.85 bits per heavy atom. The van der Waals surface area contributed by atoms with Crippen molar-refractivity contribution in [2.75, 3.05) is 63.1 Å². The number of anilines is 3. The lowest BCUT2D eigenvalue weighted by atomic mass is 10.2. The number of rotatable bonds is 12. The van der Waals surface area contributed by atoms with E-state index >= 15 is 0 Å². The average Bonchev–Trinajstić information content (AvgIpc) is 3.38. The molecular weight excluding hydrogens is 515 g/mol. The van der Waals surface area contributed by atoms with Crippen molar-refractivity contribution in [3.63, 3.8) is 0 Å². The van der Waals surface area contributed by atoms with Crippen LogP contribution in [-0.2, 0) is 11.3 Å². The molecule has 0 saturated carbocycles. The Hall–Kier alpha value is -4.13. The molecule has 1 aliphatic rings. The summed E-state index contributed by atoms with van der Waals surface area (Å²) in [4.78, 5) is 25.8. The van der Waals surface area contributed by atoms with Gasteiger partial charge in [-0.3, -0.25) is 14.4 Å². The first kappa shape index (κ1) is 27.4. The molecular formula is C28H33FN8O3. The fourth-order valence-electron chi connectivity index (χ4n) is 4.65. The number of β-amino-alcohol motifs (C(OH)–C–C–N with tert-alkyl or cyclic N) is 1. The van der Waals surface area contributed by atoms with Gasteiger partial charge in [0.05, 0.1) is 30.6 Å². The van der Waals surface area contributed by atoms with Gasteiger partial charge in [-0.1, -0.05) is 6.07 Å². The number of nitrogens with zero attached hydrogens (tertiary/aromatic N) is 6. The quantitative estimate of drug-likeness (QED) is 0.230. The first-order valence-electron chi connectivity index (χ1n) is 13.3. The molecule has 12 heteroatoms. The van der Waals surface area contributed by atoms with Crippen LogP contribution in [0.15, 0.2) is 61.2 Å². The first-order chi connectivity index (χ1) is 19.6. The summed E-state index contributed by atoms with van der Waals surface area (Å²) < 4.78 is 20.8. The molecule has 1 amide bonds. The number of aromatic nitrogens is 4. The molecule has 4 aromatic rings. The highest BCUT2D eigenvalue weighted by Crippen LogP contribution is 2.26. The highest BCUT2D eigenvalue weighted by atomic mass is 19.1. The molecule has 40 heavy (non-hydrogen) atoms. The fraction of sp³-hybridized carbons (Fsp3) is 0.357. The van der Waals surface area contributed by atoms with E-state index < -0.39 is 5.82 Å². The number of amides is 1. The molecule has 0 aliphatic carbocycles. The second kappa shape index (κ2) is 13.3. The van der Waals surface area contributed by atoms with Gasteiger partial charge in [0, 0.05) is 62.6 Å². The largest absolute Gasteiger partial charge is 0.493 e. The minimum atomic E-state index is -0.417. The van der Waals surface area contributed by atoms with Crippen LogP contribution < -0.4 is 15.4 Å². The number of carbonyl (C=O) groups excluding carboxylic acids is 1. The highest BCUT2D eigenvalue weighted by Gasteiger charge is 2.16. The molecule has 11 nitrogen and oxygen atoms in total. The molecule has 2 aromatic heterocycles. The van der Waals surface area contributed by atoms with Crippen molar-refractivity contribution in [3.05, 3.63) is 67.0 Å². The SMILES string of the molecule is O=C(Cn1cc(Nc2ncnc3cc(OCCCN4CCN(CCO)CC4)ccc23)cn1)Nc1cccc(F)c1. The number of hydrogen-bond donors (Lipinski definition) is 3. The van der Waals surface area contributed by atoms with Gasteiger partial charge in [0.1, 0.15) is 30.3 Å². The van der Waals surface area contributed by atoms with Gasteiger partial charge >= 0.3 is 0 Å². The lowest BCUT2D eigenvalue weighted by Gasteiger charge is -2.34. The number of piperazine rings is 1. The molecule has 0 bridgehead atoms. The molecule has 2 aromatic carbocycles. The van der Waals surface area contributed by atoms with Crippen LogP contribution in [0, 0.1) is 5.82 Å². The summed E-state index contributed by atoms with van der Waals surface area (Å²) in [6, 6.07) is 11.5. The van der Waals surface area contributed by atoms with E-state index in [1.807, 2.05) is 18.2 Å². The predicted molar refractivity (Wildman–Crippen MR) is 150 cm³/mol. The normalized spacial score (nSPS) is 14.3. The van der Waals surface area contributed by atoms with E-state index in [2.05, 4.69) is 35.5 Å². The molecule has 1 saturated heterocycles. The molecule has 0 unspecified atom stereocenters. The zero-order valence-corrected chi connectivity index (χ0v) is 22.2. The summed E-state index contributed by atoms with van der Waals surface area (Å²) >= 11 is 0. The van der Waals surface area contributed by atoms with Crippen molar-refractivity contribution in [2.24, 2.45) is 0 Å². The third-order valence-electron chi connectivity index (χ3n) is 6.69. The van der Waals surface area contributed by atoms with E-state index in [1.165, 1.54) is 29.2 Å². The maximum atomic E-state index is 13.3. The lowest BCUT2D eigenvalue weighted by Crippen LogP contribution is -2.47. The summed E-state index contributed by atoms with van der Waals surface area (Å²) in [5.74, 6) is 0.628. The molecule has 3 heterocycles. The van der Waals surface area contributed by atoms with Gasteiger partial charge in [-0.15, -0.1) is 0 Å². The molecule has 1 fully saturated rings. The highest BCUT2D eigenvalue weighted by molar-refractivity contribution is 5.92. The maximum Gasteiger partial charge on any atom is 0.246 e. The van der Waals surface area contributed by atoms with E-state index in [1.54, 1.807) is 18.5 Å². The molecule has 5 rings (SSSR count). The first-order valence-corrected chi connectivity index (χ1v) is 13.3. The van der Waals surface area contributed by atoms with Crippen molar-refractivity contribution >= 4 is 34.0 Å².